The van der Waals surface area contributed by atoms with Gasteiger partial charge < -0.3 is 19.4 Å². The van der Waals surface area contributed by atoms with Crippen LogP contribution in [0.5, 0.6) is 5.75 Å². The van der Waals surface area contributed by atoms with E-state index in [2.05, 4.69) is 20.8 Å². The Morgan fingerprint density at radius 3 is 2.55 bits per heavy atom. The van der Waals surface area contributed by atoms with Gasteiger partial charge in [-0.25, -0.2) is 4.99 Å². The van der Waals surface area contributed by atoms with E-state index >= 15 is 0 Å². The Balaban J connectivity index is 1.83. The maximum absolute atomic E-state index is 13.2. The van der Waals surface area contributed by atoms with E-state index in [9.17, 15) is 9.59 Å². The summed E-state index contributed by atoms with van der Waals surface area (Å²) < 4.78 is 10.3. The number of aromatic nitrogens is 2. The van der Waals surface area contributed by atoms with Crippen LogP contribution >= 0.6 is 0 Å². The van der Waals surface area contributed by atoms with E-state index in [0.717, 1.165) is 32.9 Å². The molecule has 3 aromatic rings. The molecule has 0 saturated heterocycles. The summed E-state index contributed by atoms with van der Waals surface area (Å²) in [6.45, 7) is 4.06. The van der Waals surface area contributed by atoms with Crippen molar-refractivity contribution in [2.45, 2.75) is 33.1 Å². The van der Waals surface area contributed by atoms with Gasteiger partial charge in [0.2, 0.25) is 0 Å². The molecule has 0 aliphatic carbocycles. The number of aromatic amines is 2. The molecule has 0 saturated carbocycles. The summed E-state index contributed by atoms with van der Waals surface area (Å²) in [5, 5.41) is 3.03. The fourth-order valence-corrected chi connectivity index (χ4v) is 4.08. The van der Waals surface area contributed by atoms with Crippen LogP contribution in [0.15, 0.2) is 41.4 Å². The molecule has 0 unspecified atom stereocenters. The summed E-state index contributed by atoms with van der Waals surface area (Å²) in [6.07, 6.45) is 2.84. The monoisotopic (exact) mass is 445 g/mol. The van der Waals surface area contributed by atoms with E-state index in [1.165, 1.54) is 7.11 Å². The number of para-hydroxylation sites is 1. The fraction of sp³-hybridized carbons (Fsp3) is 0.269. The van der Waals surface area contributed by atoms with Gasteiger partial charge in [-0.1, -0.05) is 18.2 Å². The van der Waals surface area contributed by atoms with E-state index in [-0.39, 0.29) is 24.6 Å². The molecular weight excluding hydrogens is 418 g/mol. The van der Waals surface area contributed by atoms with Crippen LogP contribution in [0.2, 0.25) is 0 Å². The number of hydrogen-bond acceptors (Lipinski definition) is 5. The molecule has 0 radical (unpaired) electrons. The van der Waals surface area contributed by atoms with Crippen LogP contribution in [0.3, 0.4) is 0 Å². The van der Waals surface area contributed by atoms with Gasteiger partial charge in [0.15, 0.2) is 5.78 Å². The maximum Gasteiger partial charge on any atom is 0.305 e. The molecule has 0 atom stereocenters. The lowest BCUT2D eigenvalue weighted by Gasteiger charge is -2.03. The van der Waals surface area contributed by atoms with E-state index in [1.807, 2.05) is 50.3 Å². The lowest BCUT2D eigenvalue weighted by atomic mass is 10.0. The van der Waals surface area contributed by atoms with E-state index in [0.29, 0.717) is 28.8 Å². The Bertz CT molecular complexity index is 1470. The number of ketones is 1. The van der Waals surface area contributed by atoms with Crippen LogP contribution in [0.1, 0.15) is 36.2 Å². The summed E-state index contributed by atoms with van der Waals surface area (Å²) in [4.78, 5) is 36.2. The number of ether oxygens (including phenoxy) is 2. The molecule has 3 heterocycles. The van der Waals surface area contributed by atoms with Gasteiger partial charge in [0.05, 0.1) is 41.5 Å². The van der Waals surface area contributed by atoms with Crippen molar-refractivity contribution in [3.05, 3.63) is 74.6 Å². The third kappa shape index (κ3) is 4.53. The van der Waals surface area contributed by atoms with Crippen LogP contribution in [0.25, 0.3) is 17.3 Å². The van der Waals surface area contributed by atoms with E-state index in [4.69, 9.17) is 9.73 Å². The normalized spacial score (nSPS) is 14.8. The minimum atomic E-state index is -0.322. The number of carbonyl (C=O) groups excluding carboxylic acids is 2. The molecule has 0 bridgehead atoms. The second-order valence-electron chi connectivity index (χ2n) is 8.06. The topological polar surface area (TPSA) is 96.5 Å². The zero-order chi connectivity index (χ0) is 23.5. The third-order valence-electron chi connectivity index (χ3n) is 5.70. The molecule has 2 N–H and O–H groups in total. The number of hydrogen-bond donors (Lipinski definition) is 2. The van der Waals surface area contributed by atoms with Gasteiger partial charge >= 0.3 is 5.97 Å². The first kappa shape index (κ1) is 22.3. The van der Waals surface area contributed by atoms with Crippen molar-refractivity contribution in [2.75, 3.05) is 14.2 Å². The Morgan fingerprint density at radius 1 is 1.06 bits per heavy atom. The Kier molecular flexibility index (Phi) is 6.31. The predicted octanol–water partition coefficient (Wildman–Crippen LogP) is 1.30. The molecule has 1 aliphatic heterocycles. The van der Waals surface area contributed by atoms with Gasteiger partial charge in [-0.2, -0.15) is 0 Å². The number of nitrogens with zero attached hydrogens (tertiary/aromatic N) is 1. The molecule has 1 aromatic carbocycles. The number of rotatable bonds is 7. The van der Waals surface area contributed by atoms with Crippen molar-refractivity contribution in [1.82, 2.24) is 9.97 Å². The molecular formula is C26H27N3O4. The summed E-state index contributed by atoms with van der Waals surface area (Å²) in [5.74, 6) is 0.281. The van der Waals surface area contributed by atoms with Crippen LogP contribution in [0.4, 0.5) is 0 Å². The van der Waals surface area contributed by atoms with Gasteiger partial charge in [-0.05, 0) is 44.0 Å². The Morgan fingerprint density at radius 2 is 1.85 bits per heavy atom. The zero-order valence-corrected chi connectivity index (χ0v) is 19.2. The van der Waals surface area contributed by atoms with Gasteiger partial charge in [-0.3, -0.25) is 9.59 Å². The van der Waals surface area contributed by atoms with Crippen LogP contribution in [0, 0.1) is 13.8 Å². The first-order valence-corrected chi connectivity index (χ1v) is 10.8. The summed E-state index contributed by atoms with van der Waals surface area (Å²) in [7, 11) is 2.96. The summed E-state index contributed by atoms with van der Waals surface area (Å²) in [6, 6.07) is 11.5. The van der Waals surface area contributed by atoms with Crippen molar-refractivity contribution < 1.29 is 19.1 Å². The van der Waals surface area contributed by atoms with Gasteiger partial charge in [-0.15, -0.1) is 0 Å². The second-order valence-corrected chi connectivity index (χ2v) is 8.06. The predicted molar refractivity (Wildman–Crippen MR) is 125 cm³/mol. The Hall–Kier alpha value is -3.87. The highest BCUT2D eigenvalue weighted by atomic mass is 16.5. The number of aryl methyl sites for hydroxylation is 2. The molecule has 0 fully saturated rings. The van der Waals surface area contributed by atoms with Crippen molar-refractivity contribution in [2.24, 2.45) is 4.99 Å². The smallest absolute Gasteiger partial charge is 0.305 e. The maximum atomic E-state index is 13.2. The largest absolute Gasteiger partial charge is 0.494 e. The number of Topliss-reactive ketones (excluding diaryl/α,β-unsaturated/α-hetero) is 1. The molecule has 1 aliphatic rings. The minimum absolute atomic E-state index is 0.0578. The third-order valence-corrected chi connectivity index (χ3v) is 5.70. The highest BCUT2D eigenvalue weighted by molar-refractivity contribution is 6.28. The number of benzene rings is 1. The van der Waals surface area contributed by atoms with Crippen molar-refractivity contribution in [1.29, 1.82) is 0 Å². The fourth-order valence-electron chi connectivity index (χ4n) is 4.08. The standard InChI is InChI=1S/C26H27N3O4/c1-15-12-16(2)27-19(15)13-20-23(32-3)14-21(28-20)26-25(17-8-5-6-9-18(17)29-26)22(30)10-7-11-24(31)33-4/h5-6,8-9,12-14,27-28H,7,10-11H2,1-4H3/b20-13-,26-21-. The molecule has 2 aromatic heterocycles. The van der Waals surface area contributed by atoms with Crippen molar-refractivity contribution >= 4 is 29.1 Å². The first-order chi connectivity index (χ1) is 15.9. The highest BCUT2D eigenvalue weighted by Gasteiger charge is 2.22. The number of nitrogens with one attached hydrogen (secondary N) is 2. The quantitative estimate of drug-likeness (QED) is 0.536. The number of methoxy groups -OCH3 is 2. The highest BCUT2D eigenvalue weighted by Crippen LogP contribution is 2.19. The summed E-state index contributed by atoms with van der Waals surface area (Å²) >= 11 is 0. The first-order valence-electron chi connectivity index (χ1n) is 10.8. The number of fused-ring (bicyclic) bond motifs is 1. The molecule has 170 valence electrons. The zero-order valence-electron chi connectivity index (χ0n) is 19.2. The molecule has 7 heteroatoms. The lowest BCUT2D eigenvalue weighted by molar-refractivity contribution is -0.140. The molecule has 0 amide bonds. The SMILES string of the molecule is COC(=O)CCCC(=O)C1=c2ccccc2=N/C1=c1/cc(OC)/c(=C/c2[nH]c(C)cc2C)[nH]1. The van der Waals surface area contributed by atoms with Crippen molar-refractivity contribution in [3.63, 3.8) is 0 Å². The van der Waals surface area contributed by atoms with E-state index in [1.54, 1.807) is 7.11 Å². The Labute approximate surface area is 191 Å². The molecule has 0 spiro atoms. The van der Waals surface area contributed by atoms with E-state index < -0.39 is 0 Å². The molecule has 4 rings (SSSR count). The average molecular weight is 446 g/mol. The van der Waals surface area contributed by atoms with Gasteiger partial charge in [0, 0.05) is 35.5 Å². The number of H-pyrrole nitrogens is 2. The summed E-state index contributed by atoms with van der Waals surface area (Å²) in [5.41, 5.74) is 4.32. The van der Waals surface area contributed by atoms with Crippen LogP contribution in [-0.4, -0.2) is 35.9 Å². The van der Waals surface area contributed by atoms with Gasteiger partial charge in [0.25, 0.3) is 0 Å². The van der Waals surface area contributed by atoms with Crippen LogP contribution < -0.4 is 26.0 Å². The lowest BCUT2D eigenvalue weighted by Crippen LogP contribution is -2.25. The minimum Gasteiger partial charge on any atom is -0.494 e. The average Bonchev–Trinajstić information content (AvgIpc) is 3.48. The van der Waals surface area contributed by atoms with Crippen LogP contribution in [-0.2, 0) is 14.3 Å². The van der Waals surface area contributed by atoms with Gasteiger partial charge in [0.1, 0.15) is 5.75 Å². The van der Waals surface area contributed by atoms with Crippen molar-refractivity contribution in [3.8, 4) is 5.75 Å². The molecule has 7 nitrogen and oxygen atoms in total. The number of esters is 1. The molecule has 33 heavy (non-hydrogen) atoms. The second kappa shape index (κ2) is 9.32. The number of carbonyl (C=O) groups is 2.